The van der Waals surface area contributed by atoms with Gasteiger partial charge in [-0.15, -0.1) is 0 Å². The van der Waals surface area contributed by atoms with Crippen LogP contribution in [0.4, 0.5) is 5.95 Å². The highest BCUT2D eigenvalue weighted by molar-refractivity contribution is 6.39. The fraction of sp³-hybridized carbons (Fsp3) is 0.231. The van der Waals surface area contributed by atoms with E-state index in [1.54, 1.807) is 12.1 Å². The lowest BCUT2D eigenvalue weighted by Gasteiger charge is -2.26. The van der Waals surface area contributed by atoms with Crippen LogP contribution in [-0.4, -0.2) is 46.3 Å². The molecule has 1 aliphatic heterocycles. The zero-order valence-electron chi connectivity index (χ0n) is 11.4. The van der Waals surface area contributed by atoms with Gasteiger partial charge in [0.15, 0.2) is 11.5 Å². The highest BCUT2D eigenvalue weighted by Gasteiger charge is 2.22. The van der Waals surface area contributed by atoms with Crippen LogP contribution in [-0.2, 0) is 9.59 Å². The Hall–Kier alpha value is -3.10. The smallest absolute Gasteiger partial charge is 0.316 e. The van der Waals surface area contributed by atoms with Crippen molar-refractivity contribution in [2.75, 3.05) is 18.5 Å². The van der Waals surface area contributed by atoms with E-state index >= 15 is 0 Å². The second-order valence-corrected chi connectivity index (χ2v) is 4.50. The predicted molar refractivity (Wildman–Crippen MR) is 74.4 cm³/mol. The molecule has 1 unspecified atom stereocenters. The molecule has 0 saturated carbocycles. The Kier molecular flexibility index (Phi) is 3.86. The van der Waals surface area contributed by atoms with E-state index in [0.29, 0.717) is 18.1 Å². The number of nitrogens with zero attached hydrogens (tertiary/aromatic N) is 2. The number of para-hydroxylation sites is 2. The average molecular weight is 303 g/mol. The van der Waals surface area contributed by atoms with Gasteiger partial charge in [0, 0.05) is 0 Å². The number of H-pyrrole nitrogens is 1. The van der Waals surface area contributed by atoms with Gasteiger partial charge in [-0.25, -0.2) is 5.10 Å². The monoisotopic (exact) mass is 303 g/mol. The Morgan fingerprint density at radius 1 is 1.27 bits per heavy atom. The van der Waals surface area contributed by atoms with E-state index in [9.17, 15) is 9.59 Å². The molecule has 1 atom stereocenters. The number of fused-ring (bicyclic) bond motifs is 1. The van der Waals surface area contributed by atoms with Gasteiger partial charge in [-0.2, -0.15) is 10.1 Å². The Labute approximate surface area is 125 Å². The van der Waals surface area contributed by atoms with Gasteiger partial charge in [0.25, 0.3) is 0 Å². The van der Waals surface area contributed by atoms with Crippen LogP contribution in [0.15, 0.2) is 30.6 Å². The normalized spacial score (nSPS) is 15.9. The Balaban J connectivity index is 1.48. The summed E-state index contributed by atoms with van der Waals surface area (Å²) in [7, 11) is 0. The molecule has 3 N–H and O–H groups in total. The molecule has 2 amide bonds. The number of amides is 2. The summed E-state index contributed by atoms with van der Waals surface area (Å²) in [4.78, 5) is 27.0. The maximum Gasteiger partial charge on any atom is 0.316 e. The van der Waals surface area contributed by atoms with Crippen molar-refractivity contribution >= 4 is 17.8 Å². The molecule has 22 heavy (non-hydrogen) atoms. The van der Waals surface area contributed by atoms with E-state index in [-0.39, 0.29) is 18.6 Å². The molecule has 0 radical (unpaired) electrons. The van der Waals surface area contributed by atoms with Crippen LogP contribution in [0, 0.1) is 0 Å². The minimum atomic E-state index is -0.839. The molecule has 114 valence electrons. The van der Waals surface area contributed by atoms with Crippen LogP contribution >= 0.6 is 0 Å². The number of aromatic amines is 1. The number of hydrogen-bond acceptors (Lipinski definition) is 6. The molecule has 0 aliphatic carbocycles. The average Bonchev–Trinajstić information content (AvgIpc) is 3.05. The minimum Gasteiger partial charge on any atom is -0.486 e. The molecular formula is C13H13N5O4. The minimum absolute atomic E-state index is 0.103. The molecule has 9 nitrogen and oxygen atoms in total. The molecule has 1 aromatic heterocycles. The molecule has 1 aromatic carbocycles. The van der Waals surface area contributed by atoms with Crippen LogP contribution in [0.3, 0.4) is 0 Å². The van der Waals surface area contributed by atoms with Gasteiger partial charge in [0.2, 0.25) is 5.95 Å². The van der Waals surface area contributed by atoms with Gasteiger partial charge in [0.05, 0.1) is 6.54 Å². The first-order valence-corrected chi connectivity index (χ1v) is 6.55. The number of anilines is 1. The highest BCUT2D eigenvalue weighted by Crippen LogP contribution is 2.30. The molecule has 0 saturated heterocycles. The molecular weight excluding hydrogens is 290 g/mol. The number of carbonyl (C=O) groups is 2. The zero-order chi connectivity index (χ0) is 15.4. The summed E-state index contributed by atoms with van der Waals surface area (Å²) in [5, 5.41) is 10.7. The summed E-state index contributed by atoms with van der Waals surface area (Å²) >= 11 is 0. The number of nitrogens with one attached hydrogen (secondary N) is 3. The number of hydrogen-bond donors (Lipinski definition) is 3. The highest BCUT2D eigenvalue weighted by atomic mass is 16.6. The quantitative estimate of drug-likeness (QED) is 0.670. The first kappa shape index (κ1) is 13.9. The topological polar surface area (TPSA) is 118 Å². The van der Waals surface area contributed by atoms with Crippen molar-refractivity contribution in [2.45, 2.75) is 6.10 Å². The molecule has 2 heterocycles. The van der Waals surface area contributed by atoms with Crippen molar-refractivity contribution in [3.63, 3.8) is 0 Å². The summed E-state index contributed by atoms with van der Waals surface area (Å²) in [6.45, 7) is 0.442. The molecule has 0 spiro atoms. The van der Waals surface area contributed by atoms with Gasteiger partial charge in [-0.1, -0.05) is 12.1 Å². The van der Waals surface area contributed by atoms with Crippen molar-refractivity contribution < 1.29 is 19.1 Å². The fourth-order valence-electron chi connectivity index (χ4n) is 1.88. The molecule has 3 rings (SSSR count). The van der Waals surface area contributed by atoms with Gasteiger partial charge in [-0.05, 0) is 12.1 Å². The molecule has 9 heteroatoms. The van der Waals surface area contributed by atoms with Crippen molar-refractivity contribution in [3.05, 3.63) is 30.6 Å². The number of rotatable bonds is 3. The molecule has 0 bridgehead atoms. The lowest BCUT2D eigenvalue weighted by Crippen LogP contribution is -2.44. The van der Waals surface area contributed by atoms with Crippen molar-refractivity contribution in [1.82, 2.24) is 20.5 Å². The van der Waals surface area contributed by atoms with Gasteiger partial charge < -0.3 is 14.8 Å². The third-order valence-corrected chi connectivity index (χ3v) is 2.91. The maximum absolute atomic E-state index is 11.7. The molecule has 2 aromatic rings. The summed E-state index contributed by atoms with van der Waals surface area (Å²) in [5.41, 5.74) is 0. The SMILES string of the molecule is O=C(NCC1COc2ccccc2O1)C(=O)Nc1ncn[nH]1. The largest absolute Gasteiger partial charge is 0.486 e. The number of benzene rings is 1. The third-order valence-electron chi connectivity index (χ3n) is 2.91. The van der Waals surface area contributed by atoms with Crippen molar-refractivity contribution in [1.29, 1.82) is 0 Å². The first-order chi connectivity index (χ1) is 10.7. The lowest BCUT2D eigenvalue weighted by molar-refractivity contribution is -0.136. The van der Waals surface area contributed by atoms with E-state index in [4.69, 9.17) is 9.47 Å². The summed E-state index contributed by atoms with van der Waals surface area (Å²) in [6, 6.07) is 7.25. The first-order valence-electron chi connectivity index (χ1n) is 6.55. The van der Waals surface area contributed by atoms with Crippen LogP contribution in [0.25, 0.3) is 0 Å². The Morgan fingerprint density at radius 3 is 2.86 bits per heavy atom. The Morgan fingerprint density at radius 2 is 2.09 bits per heavy atom. The second kappa shape index (κ2) is 6.12. The predicted octanol–water partition coefficient (Wildman–Crippen LogP) is -0.301. The van der Waals surface area contributed by atoms with E-state index in [1.807, 2.05) is 12.1 Å². The summed E-state index contributed by atoms with van der Waals surface area (Å²) < 4.78 is 11.2. The van der Waals surface area contributed by atoms with Gasteiger partial charge in [-0.3, -0.25) is 14.9 Å². The van der Waals surface area contributed by atoms with Crippen molar-refractivity contribution in [3.8, 4) is 11.5 Å². The van der Waals surface area contributed by atoms with E-state index in [1.165, 1.54) is 6.33 Å². The molecule has 0 fully saturated rings. The van der Waals surface area contributed by atoms with Crippen LogP contribution in [0.5, 0.6) is 11.5 Å². The van der Waals surface area contributed by atoms with E-state index in [0.717, 1.165) is 0 Å². The number of carbonyl (C=O) groups excluding carboxylic acids is 2. The maximum atomic E-state index is 11.7. The van der Waals surface area contributed by atoms with Crippen LogP contribution < -0.4 is 20.1 Å². The summed E-state index contributed by atoms with van der Waals surface area (Å²) in [6.07, 6.45) is 0.856. The fourth-order valence-corrected chi connectivity index (χ4v) is 1.88. The zero-order valence-corrected chi connectivity index (χ0v) is 11.4. The third kappa shape index (κ3) is 3.14. The van der Waals surface area contributed by atoms with Crippen molar-refractivity contribution in [2.24, 2.45) is 0 Å². The number of aromatic nitrogens is 3. The van der Waals surface area contributed by atoms with Crippen LogP contribution in [0.2, 0.25) is 0 Å². The van der Waals surface area contributed by atoms with E-state index in [2.05, 4.69) is 25.8 Å². The standard InChI is InChI=1S/C13H13N5O4/c19-11(12(20)17-13-15-7-16-18-13)14-5-8-6-21-9-3-1-2-4-10(9)22-8/h1-4,7-8H,5-6H2,(H,14,19)(H2,15,16,17,18,20). The lowest BCUT2D eigenvalue weighted by atomic mass is 10.2. The Bertz CT molecular complexity index is 673. The number of ether oxygens (including phenoxy) is 2. The van der Waals surface area contributed by atoms with E-state index < -0.39 is 11.8 Å². The van der Waals surface area contributed by atoms with Gasteiger partial charge in [0.1, 0.15) is 19.0 Å². The molecule has 1 aliphatic rings. The van der Waals surface area contributed by atoms with Gasteiger partial charge >= 0.3 is 11.8 Å². The van der Waals surface area contributed by atoms with Crippen LogP contribution in [0.1, 0.15) is 0 Å². The summed E-state index contributed by atoms with van der Waals surface area (Å²) in [5.74, 6) is -0.258. The second-order valence-electron chi connectivity index (χ2n) is 4.50.